The summed E-state index contributed by atoms with van der Waals surface area (Å²) in [6.07, 6.45) is -1.02. The van der Waals surface area contributed by atoms with Crippen LogP contribution in [0.2, 0.25) is 0 Å². The van der Waals surface area contributed by atoms with Gasteiger partial charge in [-0.2, -0.15) is 5.26 Å². The summed E-state index contributed by atoms with van der Waals surface area (Å²) in [5.74, 6) is -0.531. The predicted molar refractivity (Wildman–Crippen MR) is 101 cm³/mol. The fourth-order valence-corrected chi connectivity index (χ4v) is 2.73. The molecule has 6 nitrogen and oxygen atoms in total. The number of benzene rings is 2. The molecule has 0 aliphatic rings. The fourth-order valence-electron chi connectivity index (χ4n) is 2.73. The molecule has 0 fully saturated rings. The Morgan fingerprint density at radius 3 is 2.41 bits per heavy atom. The van der Waals surface area contributed by atoms with Gasteiger partial charge in [-0.15, -0.1) is 0 Å². The third-order valence-electron chi connectivity index (χ3n) is 3.92. The van der Waals surface area contributed by atoms with Crippen molar-refractivity contribution >= 4 is 17.6 Å². The van der Waals surface area contributed by atoms with Gasteiger partial charge in [0, 0.05) is 0 Å². The van der Waals surface area contributed by atoms with E-state index in [2.05, 4.69) is 5.32 Å². The molecule has 0 saturated carbocycles. The maximum atomic E-state index is 12.2. The standard InChI is InChI=1S/C21H22N2O4/c1-13-9-14(2)20(15(3)10-13)26-12-19(24)27-16(4)21(25)23-18-8-6-5-7-17(18)11-22/h5-10,16H,12H2,1-4H3,(H,23,25)/t16-/m1/s1. The van der Waals surface area contributed by atoms with Crippen LogP contribution in [0.15, 0.2) is 36.4 Å². The molecule has 2 rings (SSSR count). The number of esters is 1. The number of anilines is 1. The summed E-state index contributed by atoms with van der Waals surface area (Å²) in [5.41, 5.74) is 3.68. The zero-order valence-corrected chi connectivity index (χ0v) is 15.8. The molecule has 27 heavy (non-hydrogen) atoms. The molecule has 0 aromatic heterocycles. The number of nitrogens with one attached hydrogen (secondary N) is 1. The van der Waals surface area contributed by atoms with E-state index in [-0.39, 0.29) is 6.61 Å². The highest BCUT2D eigenvalue weighted by Crippen LogP contribution is 2.24. The van der Waals surface area contributed by atoms with Gasteiger partial charge < -0.3 is 14.8 Å². The molecule has 2 aromatic rings. The normalized spacial score (nSPS) is 11.2. The van der Waals surface area contributed by atoms with Gasteiger partial charge in [0.15, 0.2) is 12.7 Å². The maximum absolute atomic E-state index is 12.2. The molecule has 1 atom stereocenters. The molecule has 0 heterocycles. The van der Waals surface area contributed by atoms with Crippen LogP contribution in [0.5, 0.6) is 5.75 Å². The second-order valence-electron chi connectivity index (χ2n) is 6.30. The van der Waals surface area contributed by atoms with E-state index >= 15 is 0 Å². The van der Waals surface area contributed by atoms with Crippen LogP contribution < -0.4 is 10.1 Å². The Hall–Kier alpha value is -3.33. The van der Waals surface area contributed by atoms with Gasteiger partial charge in [-0.05, 0) is 51.0 Å². The maximum Gasteiger partial charge on any atom is 0.344 e. The number of amides is 1. The quantitative estimate of drug-likeness (QED) is 0.791. The van der Waals surface area contributed by atoms with Crippen LogP contribution in [0.25, 0.3) is 0 Å². The number of rotatable bonds is 6. The van der Waals surface area contributed by atoms with Crippen LogP contribution in [0.4, 0.5) is 5.69 Å². The highest BCUT2D eigenvalue weighted by Gasteiger charge is 2.19. The van der Waals surface area contributed by atoms with Gasteiger partial charge in [0.05, 0.1) is 11.3 Å². The number of ether oxygens (including phenoxy) is 2. The van der Waals surface area contributed by atoms with Crippen LogP contribution in [-0.2, 0) is 14.3 Å². The molecule has 2 aromatic carbocycles. The van der Waals surface area contributed by atoms with Gasteiger partial charge >= 0.3 is 5.97 Å². The zero-order valence-electron chi connectivity index (χ0n) is 15.8. The molecule has 1 amide bonds. The lowest BCUT2D eigenvalue weighted by atomic mass is 10.1. The van der Waals surface area contributed by atoms with Crippen LogP contribution in [0, 0.1) is 32.1 Å². The van der Waals surface area contributed by atoms with Gasteiger partial charge in [-0.1, -0.05) is 29.8 Å². The topological polar surface area (TPSA) is 88.4 Å². The van der Waals surface area contributed by atoms with Crippen molar-refractivity contribution < 1.29 is 19.1 Å². The fraction of sp³-hybridized carbons (Fsp3) is 0.286. The van der Waals surface area contributed by atoms with Crippen LogP contribution in [0.3, 0.4) is 0 Å². The van der Waals surface area contributed by atoms with E-state index in [9.17, 15) is 9.59 Å². The van der Waals surface area contributed by atoms with Crippen molar-refractivity contribution in [3.63, 3.8) is 0 Å². The summed E-state index contributed by atoms with van der Waals surface area (Å²) < 4.78 is 10.7. The Labute approximate surface area is 158 Å². The Balaban J connectivity index is 1.92. The van der Waals surface area contributed by atoms with Crippen molar-refractivity contribution in [1.82, 2.24) is 0 Å². The number of carbonyl (C=O) groups excluding carboxylic acids is 2. The van der Waals surface area contributed by atoms with Crippen molar-refractivity contribution in [3.8, 4) is 11.8 Å². The van der Waals surface area contributed by atoms with Gasteiger partial charge in [-0.3, -0.25) is 4.79 Å². The first-order chi connectivity index (χ1) is 12.8. The van der Waals surface area contributed by atoms with E-state index in [1.165, 1.54) is 6.92 Å². The molecule has 0 aliphatic heterocycles. The van der Waals surface area contributed by atoms with Crippen LogP contribution in [-0.4, -0.2) is 24.6 Å². The van der Waals surface area contributed by atoms with Gasteiger partial charge in [-0.25, -0.2) is 4.79 Å². The number of hydrogen-bond donors (Lipinski definition) is 1. The van der Waals surface area contributed by atoms with E-state index in [0.717, 1.165) is 16.7 Å². The second kappa shape index (κ2) is 8.86. The van der Waals surface area contributed by atoms with E-state index in [0.29, 0.717) is 17.0 Å². The lowest BCUT2D eigenvalue weighted by Gasteiger charge is -2.16. The summed E-state index contributed by atoms with van der Waals surface area (Å²) in [5, 5.41) is 11.6. The van der Waals surface area contributed by atoms with Crippen LogP contribution >= 0.6 is 0 Å². The number of para-hydroxylation sites is 1. The predicted octanol–water partition coefficient (Wildman–Crippen LogP) is 3.43. The Kier molecular flexibility index (Phi) is 6.56. The highest BCUT2D eigenvalue weighted by atomic mass is 16.6. The highest BCUT2D eigenvalue weighted by molar-refractivity contribution is 5.96. The number of aryl methyl sites for hydroxylation is 3. The number of carbonyl (C=O) groups is 2. The SMILES string of the molecule is Cc1cc(C)c(OCC(=O)O[C@H](C)C(=O)Nc2ccccc2C#N)c(C)c1. The monoisotopic (exact) mass is 366 g/mol. The van der Waals surface area contributed by atoms with Gasteiger partial charge in [0.25, 0.3) is 5.91 Å². The lowest BCUT2D eigenvalue weighted by Crippen LogP contribution is -2.32. The molecule has 1 N–H and O–H groups in total. The van der Waals surface area contributed by atoms with E-state index in [1.54, 1.807) is 24.3 Å². The molecular weight excluding hydrogens is 344 g/mol. The van der Waals surface area contributed by atoms with Gasteiger partial charge in [0.1, 0.15) is 11.8 Å². The Morgan fingerprint density at radius 1 is 1.15 bits per heavy atom. The molecule has 0 unspecified atom stereocenters. The molecule has 0 spiro atoms. The van der Waals surface area contributed by atoms with Crippen molar-refractivity contribution in [2.45, 2.75) is 33.8 Å². The number of nitriles is 1. The summed E-state index contributed by atoms with van der Waals surface area (Å²) in [4.78, 5) is 24.2. The summed E-state index contributed by atoms with van der Waals surface area (Å²) >= 11 is 0. The van der Waals surface area contributed by atoms with Crippen LogP contribution in [0.1, 0.15) is 29.2 Å². The third-order valence-corrected chi connectivity index (χ3v) is 3.92. The van der Waals surface area contributed by atoms with Crippen molar-refractivity contribution in [2.24, 2.45) is 0 Å². The largest absolute Gasteiger partial charge is 0.481 e. The first-order valence-electron chi connectivity index (χ1n) is 8.52. The Morgan fingerprint density at radius 2 is 1.78 bits per heavy atom. The van der Waals surface area contributed by atoms with E-state index in [4.69, 9.17) is 14.7 Å². The molecule has 140 valence electrons. The molecule has 0 saturated heterocycles. The first-order valence-corrected chi connectivity index (χ1v) is 8.52. The smallest absolute Gasteiger partial charge is 0.344 e. The summed E-state index contributed by atoms with van der Waals surface area (Å²) in [7, 11) is 0. The lowest BCUT2D eigenvalue weighted by molar-refractivity contribution is -0.155. The molecule has 0 bridgehead atoms. The zero-order chi connectivity index (χ0) is 20.0. The summed E-state index contributed by atoms with van der Waals surface area (Å²) in [6.45, 7) is 6.97. The van der Waals surface area contributed by atoms with Gasteiger partial charge in [0.2, 0.25) is 0 Å². The minimum atomic E-state index is -1.02. The Bertz CT molecular complexity index is 876. The number of nitrogens with zero attached hydrogens (tertiary/aromatic N) is 1. The average molecular weight is 366 g/mol. The van der Waals surface area contributed by atoms with E-state index < -0.39 is 18.0 Å². The minimum Gasteiger partial charge on any atom is -0.481 e. The third kappa shape index (κ3) is 5.32. The molecular formula is C21H22N2O4. The first kappa shape index (κ1) is 20.0. The molecule has 0 radical (unpaired) electrons. The second-order valence-corrected chi connectivity index (χ2v) is 6.30. The molecule has 6 heteroatoms. The summed E-state index contributed by atoms with van der Waals surface area (Å²) in [6, 6.07) is 12.5. The van der Waals surface area contributed by atoms with Crippen molar-refractivity contribution in [1.29, 1.82) is 5.26 Å². The van der Waals surface area contributed by atoms with Crippen molar-refractivity contribution in [2.75, 3.05) is 11.9 Å². The minimum absolute atomic E-state index is 0.295. The molecule has 0 aliphatic carbocycles. The van der Waals surface area contributed by atoms with E-state index in [1.807, 2.05) is 39.0 Å². The average Bonchev–Trinajstić information content (AvgIpc) is 2.61. The van der Waals surface area contributed by atoms with Crippen molar-refractivity contribution in [3.05, 3.63) is 58.7 Å². The number of hydrogen-bond acceptors (Lipinski definition) is 5.